The highest BCUT2D eigenvalue weighted by Gasteiger charge is 2.20. The minimum absolute atomic E-state index is 0.0111. The quantitative estimate of drug-likeness (QED) is 0.839. The number of halogens is 1. The molecule has 4 nitrogen and oxygen atoms in total. The molecule has 3 N–H and O–H groups in total. The van der Waals surface area contributed by atoms with E-state index in [-0.39, 0.29) is 12.2 Å². The van der Waals surface area contributed by atoms with E-state index in [4.69, 9.17) is 5.73 Å². The number of sulfonamides is 1. The van der Waals surface area contributed by atoms with Gasteiger partial charge < -0.3 is 5.73 Å². The van der Waals surface area contributed by atoms with Crippen molar-refractivity contribution >= 4 is 15.7 Å². The largest absolute Gasteiger partial charge is 0.329 e. The van der Waals surface area contributed by atoms with Gasteiger partial charge in [-0.1, -0.05) is 6.07 Å². The molecule has 0 radical (unpaired) electrons. The average molecular weight is 246 g/mol. The number of benzene rings is 1. The van der Waals surface area contributed by atoms with E-state index in [1.165, 1.54) is 19.1 Å². The Balaban J connectivity index is 2.97. The van der Waals surface area contributed by atoms with Gasteiger partial charge in [-0.3, -0.25) is 4.72 Å². The summed E-state index contributed by atoms with van der Waals surface area (Å²) in [5.74, 6) is -0.590. The van der Waals surface area contributed by atoms with Crippen LogP contribution < -0.4 is 10.5 Å². The van der Waals surface area contributed by atoms with Crippen molar-refractivity contribution in [3.05, 3.63) is 29.6 Å². The average Bonchev–Trinajstić information content (AvgIpc) is 2.21. The van der Waals surface area contributed by atoms with Crippen molar-refractivity contribution in [2.45, 2.75) is 19.1 Å². The summed E-state index contributed by atoms with van der Waals surface area (Å²) in [6.07, 6.45) is 0. The first kappa shape index (κ1) is 12.9. The minimum Gasteiger partial charge on any atom is -0.329 e. The topological polar surface area (TPSA) is 72.2 Å². The van der Waals surface area contributed by atoms with Crippen LogP contribution >= 0.6 is 0 Å². The zero-order chi connectivity index (χ0) is 12.3. The van der Waals surface area contributed by atoms with Crippen LogP contribution in [-0.4, -0.2) is 20.2 Å². The Kier molecular flexibility index (Phi) is 3.88. The number of rotatable bonds is 4. The van der Waals surface area contributed by atoms with Gasteiger partial charge in [0.15, 0.2) is 0 Å². The third kappa shape index (κ3) is 2.93. The SMILES string of the molecule is Cc1ccc(NS(=O)(=O)C(C)CN)c(F)c1. The highest BCUT2D eigenvalue weighted by molar-refractivity contribution is 7.93. The van der Waals surface area contributed by atoms with Gasteiger partial charge >= 0.3 is 0 Å². The zero-order valence-corrected chi connectivity index (χ0v) is 10.0. The molecule has 0 fully saturated rings. The summed E-state index contributed by atoms with van der Waals surface area (Å²) in [6.45, 7) is 3.18. The molecule has 0 bridgehead atoms. The van der Waals surface area contributed by atoms with Crippen molar-refractivity contribution in [1.29, 1.82) is 0 Å². The first-order chi connectivity index (χ1) is 7.36. The number of anilines is 1. The summed E-state index contributed by atoms with van der Waals surface area (Å²) in [5, 5.41) is -0.756. The van der Waals surface area contributed by atoms with E-state index in [0.717, 1.165) is 5.56 Å². The van der Waals surface area contributed by atoms with E-state index < -0.39 is 21.1 Å². The fraction of sp³-hybridized carbons (Fsp3) is 0.400. The third-order valence-corrected chi connectivity index (χ3v) is 3.99. The Morgan fingerprint density at radius 2 is 2.12 bits per heavy atom. The van der Waals surface area contributed by atoms with Gasteiger partial charge in [-0.2, -0.15) is 0 Å². The van der Waals surface area contributed by atoms with E-state index >= 15 is 0 Å². The maximum absolute atomic E-state index is 13.4. The normalized spacial score (nSPS) is 13.5. The van der Waals surface area contributed by atoms with Crippen LogP contribution in [0.5, 0.6) is 0 Å². The van der Waals surface area contributed by atoms with Gasteiger partial charge in [0.25, 0.3) is 0 Å². The first-order valence-electron chi connectivity index (χ1n) is 4.84. The van der Waals surface area contributed by atoms with E-state index in [1.807, 2.05) is 0 Å². The molecule has 0 saturated heterocycles. The lowest BCUT2D eigenvalue weighted by Gasteiger charge is -2.13. The summed E-state index contributed by atoms with van der Waals surface area (Å²) in [7, 11) is -3.61. The summed E-state index contributed by atoms with van der Waals surface area (Å²) in [5.41, 5.74) is 5.94. The van der Waals surface area contributed by atoms with Crippen LogP contribution in [0.1, 0.15) is 12.5 Å². The molecule has 1 atom stereocenters. The molecule has 0 aliphatic carbocycles. The van der Waals surface area contributed by atoms with Crippen LogP contribution in [-0.2, 0) is 10.0 Å². The highest BCUT2D eigenvalue weighted by atomic mass is 32.2. The summed E-state index contributed by atoms with van der Waals surface area (Å²) in [6, 6.07) is 4.30. The van der Waals surface area contributed by atoms with Gasteiger partial charge in [-0.25, -0.2) is 12.8 Å². The van der Waals surface area contributed by atoms with Crippen LogP contribution in [0, 0.1) is 12.7 Å². The van der Waals surface area contributed by atoms with Crippen LogP contribution in [0.15, 0.2) is 18.2 Å². The minimum atomic E-state index is -3.61. The van der Waals surface area contributed by atoms with E-state index in [2.05, 4.69) is 4.72 Å². The Morgan fingerprint density at radius 3 is 2.62 bits per heavy atom. The molecule has 16 heavy (non-hydrogen) atoms. The van der Waals surface area contributed by atoms with Crippen LogP contribution in [0.4, 0.5) is 10.1 Å². The van der Waals surface area contributed by atoms with Gasteiger partial charge in [0.1, 0.15) is 5.82 Å². The van der Waals surface area contributed by atoms with Crippen molar-refractivity contribution in [3.8, 4) is 0 Å². The predicted octanol–water partition coefficient (Wildman–Crippen LogP) is 1.22. The van der Waals surface area contributed by atoms with E-state index in [0.29, 0.717) is 0 Å². The molecule has 1 aromatic carbocycles. The van der Waals surface area contributed by atoms with E-state index in [1.54, 1.807) is 13.0 Å². The van der Waals surface area contributed by atoms with Crippen molar-refractivity contribution in [2.75, 3.05) is 11.3 Å². The molecule has 0 aliphatic heterocycles. The maximum atomic E-state index is 13.4. The van der Waals surface area contributed by atoms with Gasteiger partial charge in [-0.15, -0.1) is 0 Å². The fourth-order valence-electron chi connectivity index (χ4n) is 1.08. The number of hydrogen-bond donors (Lipinski definition) is 2. The lowest BCUT2D eigenvalue weighted by molar-refractivity contribution is 0.587. The smallest absolute Gasteiger partial charge is 0.236 e. The number of aryl methyl sites for hydroxylation is 1. The highest BCUT2D eigenvalue weighted by Crippen LogP contribution is 2.17. The van der Waals surface area contributed by atoms with Gasteiger partial charge in [0, 0.05) is 6.54 Å². The molecule has 0 aromatic heterocycles. The Bertz CT molecular complexity index is 474. The van der Waals surface area contributed by atoms with Crippen LogP contribution in [0.3, 0.4) is 0 Å². The molecule has 1 unspecified atom stereocenters. The molecular weight excluding hydrogens is 231 g/mol. The predicted molar refractivity (Wildman–Crippen MR) is 62.2 cm³/mol. The fourth-order valence-corrected chi connectivity index (χ4v) is 2.01. The molecule has 90 valence electrons. The lowest BCUT2D eigenvalue weighted by atomic mass is 10.2. The monoisotopic (exact) mass is 246 g/mol. The van der Waals surface area contributed by atoms with Crippen molar-refractivity contribution in [3.63, 3.8) is 0 Å². The summed E-state index contributed by atoms with van der Waals surface area (Å²) >= 11 is 0. The molecule has 0 heterocycles. The van der Waals surface area contributed by atoms with Gasteiger partial charge in [-0.05, 0) is 31.5 Å². The second-order valence-corrected chi connectivity index (χ2v) is 5.78. The molecule has 0 saturated carbocycles. The number of hydrogen-bond acceptors (Lipinski definition) is 3. The van der Waals surface area contributed by atoms with Crippen molar-refractivity contribution in [2.24, 2.45) is 5.73 Å². The van der Waals surface area contributed by atoms with Crippen molar-refractivity contribution in [1.82, 2.24) is 0 Å². The van der Waals surface area contributed by atoms with Crippen LogP contribution in [0.2, 0.25) is 0 Å². The third-order valence-electron chi connectivity index (χ3n) is 2.24. The first-order valence-corrected chi connectivity index (χ1v) is 6.39. The Morgan fingerprint density at radius 1 is 1.50 bits per heavy atom. The molecule has 0 aliphatic rings. The molecular formula is C10H15FN2O2S. The number of nitrogens with two attached hydrogens (primary N) is 1. The second kappa shape index (κ2) is 4.80. The van der Waals surface area contributed by atoms with Gasteiger partial charge in [0.05, 0.1) is 10.9 Å². The van der Waals surface area contributed by atoms with E-state index in [9.17, 15) is 12.8 Å². The Hall–Kier alpha value is -1.14. The maximum Gasteiger partial charge on any atom is 0.236 e. The molecule has 6 heteroatoms. The Labute approximate surface area is 94.7 Å². The molecule has 0 spiro atoms. The van der Waals surface area contributed by atoms with Crippen LogP contribution in [0.25, 0.3) is 0 Å². The molecule has 1 rings (SSSR count). The molecule has 0 amide bonds. The lowest BCUT2D eigenvalue weighted by Crippen LogP contribution is -2.31. The number of nitrogens with one attached hydrogen (secondary N) is 1. The van der Waals surface area contributed by atoms with Crippen molar-refractivity contribution < 1.29 is 12.8 Å². The summed E-state index contributed by atoms with van der Waals surface area (Å²) < 4.78 is 38.8. The van der Waals surface area contributed by atoms with Gasteiger partial charge in [0.2, 0.25) is 10.0 Å². The second-order valence-electron chi connectivity index (χ2n) is 3.68. The zero-order valence-electron chi connectivity index (χ0n) is 9.20. The molecule has 1 aromatic rings. The standard InChI is InChI=1S/C10H15FN2O2S/c1-7-3-4-10(9(11)5-7)13-16(14,15)8(2)6-12/h3-5,8,13H,6,12H2,1-2H3. The summed E-state index contributed by atoms with van der Waals surface area (Å²) in [4.78, 5) is 0.